The summed E-state index contributed by atoms with van der Waals surface area (Å²) in [7, 11) is 0. The minimum Gasteiger partial charge on any atom is -0.482 e. The maximum Gasteiger partial charge on any atom is 0.344 e. The molecule has 0 saturated heterocycles. The number of esters is 1. The summed E-state index contributed by atoms with van der Waals surface area (Å²) in [6.45, 7) is 15.1. The number of imidazole rings is 1. The van der Waals surface area contributed by atoms with Crippen molar-refractivity contribution < 1.29 is 14.3 Å². The number of rotatable bonds is 7. The number of carbonyl (C=O) groups is 1. The fraction of sp³-hybridized carbons (Fsp3) is 0.487. The van der Waals surface area contributed by atoms with Crippen molar-refractivity contribution in [1.82, 2.24) is 9.97 Å². The predicted octanol–water partition coefficient (Wildman–Crippen LogP) is 10.1. The second-order valence-corrected chi connectivity index (χ2v) is 16.0. The molecule has 1 heterocycles. The molecule has 1 saturated carbocycles. The predicted molar refractivity (Wildman–Crippen MR) is 186 cm³/mol. The zero-order valence-corrected chi connectivity index (χ0v) is 29.4. The number of benzene rings is 3. The summed E-state index contributed by atoms with van der Waals surface area (Å²) >= 11 is 3.93. The molecule has 3 aromatic carbocycles. The van der Waals surface area contributed by atoms with E-state index in [1.54, 1.807) is 11.1 Å². The Labute approximate surface area is 276 Å². The number of carbonyl (C=O) groups excluding carboxylic acids is 1. The van der Waals surface area contributed by atoms with Gasteiger partial charge in [-0.3, -0.25) is 0 Å². The fourth-order valence-electron chi connectivity index (χ4n) is 8.28. The molecule has 0 aliphatic heterocycles. The fourth-order valence-corrected chi connectivity index (χ4v) is 8.74. The summed E-state index contributed by atoms with van der Waals surface area (Å²) in [6.07, 6.45) is 7.10. The van der Waals surface area contributed by atoms with Gasteiger partial charge in [0, 0.05) is 10.0 Å². The molecular formula is C39H47BrN2O3. The summed E-state index contributed by atoms with van der Waals surface area (Å²) in [5.41, 5.74) is 8.65. The largest absolute Gasteiger partial charge is 0.482 e. The van der Waals surface area contributed by atoms with E-state index in [1.165, 1.54) is 36.8 Å². The maximum atomic E-state index is 12.2. The highest BCUT2D eigenvalue weighted by atomic mass is 79.9. The second kappa shape index (κ2) is 11.9. The van der Waals surface area contributed by atoms with Gasteiger partial charge in [0.05, 0.1) is 11.0 Å². The quantitative estimate of drug-likeness (QED) is 0.199. The van der Waals surface area contributed by atoms with Crippen LogP contribution in [0.3, 0.4) is 0 Å². The lowest BCUT2D eigenvalue weighted by atomic mass is 9.48. The normalized spacial score (nSPS) is 23.1. The van der Waals surface area contributed by atoms with E-state index in [9.17, 15) is 4.79 Å². The molecule has 0 amide bonds. The summed E-state index contributed by atoms with van der Waals surface area (Å²) in [5, 5.41) is 0. The monoisotopic (exact) mass is 670 g/mol. The van der Waals surface area contributed by atoms with E-state index < -0.39 is 5.60 Å². The number of ether oxygens (including phenoxy) is 2. The molecule has 1 fully saturated rings. The van der Waals surface area contributed by atoms with E-state index in [-0.39, 0.29) is 23.4 Å². The van der Waals surface area contributed by atoms with E-state index >= 15 is 0 Å². The third-order valence-electron chi connectivity index (χ3n) is 10.3. The third-order valence-corrected chi connectivity index (χ3v) is 11.1. The van der Waals surface area contributed by atoms with Crippen molar-refractivity contribution in [3.05, 3.63) is 81.3 Å². The molecule has 0 radical (unpaired) electrons. The minimum atomic E-state index is -0.547. The molecule has 2 aliphatic carbocycles. The first-order valence-corrected chi connectivity index (χ1v) is 17.3. The van der Waals surface area contributed by atoms with E-state index in [0.29, 0.717) is 17.6 Å². The number of halogens is 1. The Hall–Kier alpha value is -3.12. The highest BCUT2D eigenvalue weighted by molar-refractivity contribution is 9.10. The van der Waals surface area contributed by atoms with Crippen LogP contribution >= 0.6 is 15.9 Å². The van der Waals surface area contributed by atoms with Gasteiger partial charge in [-0.25, -0.2) is 9.78 Å². The van der Waals surface area contributed by atoms with Crippen molar-refractivity contribution in [2.75, 3.05) is 6.61 Å². The van der Waals surface area contributed by atoms with Crippen LogP contribution in [0.1, 0.15) is 102 Å². The Morgan fingerprint density at radius 1 is 1.09 bits per heavy atom. The molecule has 0 bridgehead atoms. The zero-order chi connectivity index (χ0) is 32.1. The molecule has 6 rings (SSSR count). The number of aryl methyl sites for hydroxylation is 1. The molecule has 1 aromatic heterocycles. The van der Waals surface area contributed by atoms with Crippen molar-refractivity contribution in [1.29, 1.82) is 0 Å². The molecule has 4 aromatic rings. The average Bonchev–Trinajstić information content (AvgIpc) is 3.41. The van der Waals surface area contributed by atoms with Gasteiger partial charge in [0.25, 0.3) is 0 Å². The Morgan fingerprint density at radius 3 is 2.64 bits per heavy atom. The first-order valence-electron chi connectivity index (χ1n) is 16.5. The molecule has 3 atom stereocenters. The number of aromatic amines is 1. The van der Waals surface area contributed by atoms with Gasteiger partial charge in [-0.15, -0.1) is 0 Å². The molecule has 0 unspecified atom stereocenters. The molecule has 5 nitrogen and oxygen atoms in total. The van der Waals surface area contributed by atoms with Crippen LogP contribution in [0.5, 0.6) is 5.75 Å². The van der Waals surface area contributed by atoms with E-state index in [1.807, 2.05) is 45.0 Å². The summed E-state index contributed by atoms with van der Waals surface area (Å²) in [6, 6.07) is 19.3. The molecule has 238 valence electrons. The van der Waals surface area contributed by atoms with Gasteiger partial charge in [-0.1, -0.05) is 80.4 Å². The molecule has 1 N–H and O–H groups in total. The highest BCUT2D eigenvalue weighted by Crippen LogP contribution is 2.59. The summed E-state index contributed by atoms with van der Waals surface area (Å²) < 4.78 is 12.3. The molecule has 45 heavy (non-hydrogen) atoms. The van der Waals surface area contributed by atoms with Crippen LogP contribution in [0.15, 0.2) is 59.1 Å². The van der Waals surface area contributed by atoms with Gasteiger partial charge in [0.2, 0.25) is 0 Å². The summed E-state index contributed by atoms with van der Waals surface area (Å²) in [5.74, 6) is 2.17. The maximum absolute atomic E-state index is 12.2. The Kier molecular flexibility index (Phi) is 8.43. The van der Waals surface area contributed by atoms with Crippen LogP contribution in [0.2, 0.25) is 0 Å². The molecule has 6 heteroatoms. The van der Waals surface area contributed by atoms with Gasteiger partial charge < -0.3 is 14.5 Å². The number of nitrogens with one attached hydrogen (secondary N) is 1. The number of hydrogen-bond donors (Lipinski definition) is 1. The van der Waals surface area contributed by atoms with Crippen molar-refractivity contribution in [2.45, 2.75) is 104 Å². The zero-order valence-electron chi connectivity index (χ0n) is 27.9. The van der Waals surface area contributed by atoms with Gasteiger partial charge >= 0.3 is 5.97 Å². The lowest BCUT2D eigenvalue weighted by molar-refractivity contribution is -0.157. The van der Waals surface area contributed by atoms with E-state index in [4.69, 9.17) is 14.5 Å². The van der Waals surface area contributed by atoms with Crippen molar-refractivity contribution in [3.63, 3.8) is 0 Å². The van der Waals surface area contributed by atoms with Crippen molar-refractivity contribution in [3.8, 4) is 17.1 Å². The number of fused-ring (bicyclic) bond motifs is 4. The Morgan fingerprint density at radius 2 is 1.89 bits per heavy atom. The Bertz CT molecular complexity index is 1730. The number of hydrogen-bond acceptors (Lipinski definition) is 4. The van der Waals surface area contributed by atoms with Gasteiger partial charge in [0.15, 0.2) is 6.61 Å². The van der Waals surface area contributed by atoms with Crippen molar-refractivity contribution >= 4 is 32.9 Å². The minimum absolute atomic E-state index is 0.139. The number of nitrogens with zero attached hydrogens (tertiary/aromatic N) is 1. The van der Waals surface area contributed by atoms with Gasteiger partial charge in [-0.05, 0) is 122 Å². The number of aromatic nitrogens is 2. The Balaban J connectivity index is 1.28. The van der Waals surface area contributed by atoms with Crippen LogP contribution in [-0.2, 0) is 27.8 Å². The average molecular weight is 672 g/mol. The van der Waals surface area contributed by atoms with Gasteiger partial charge in [-0.2, -0.15) is 0 Å². The second-order valence-electron chi connectivity index (χ2n) is 15.2. The molecule has 2 aliphatic rings. The summed E-state index contributed by atoms with van der Waals surface area (Å²) in [4.78, 5) is 20.9. The SMILES string of the molecule is CC(C)c1ccc2c(c1)CC[C@H]1[C@@](C)(Cc3c(Br)ccc4[nH]c(-c5cccc(OCC(=O)OC(C)(C)C)c5)nc34)CCC[C@]21C. The lowest BCUT2D eigenvalue weighted by Gasteiger charge is -2.56. The molecule has 0 spiro atoms. The highest BCUT2D eigenvalue weighted by Gasteiger charge is 2.51. The van der Waals surface area contributed by atoms with Gasteiger partial charge in [0.1, 0.15) is 17.2 Å². The van der Waals surface area contributed by atoms with E-state index in [2.05, 4.69) is 78.9 Å². The van der Waals surface area contributed by atoms with Crippen LogP contribution in [0, 0.1) is 11.3 Å². The topological polar surface area (TPSA) is 64.2 Å². The smallest absolute Gasteiger partial charge is 0.344 e. The first kappa shape index (κ1) is 31.8. The van der Waals surface area contributed by atoms with Crippen LogP contribution in [-0.4, -0.2) is 28.1 Å². The lowest BCUT2D eigenvalue weighted by Crippen LogP contribution is -2.50. The first-order chi connectivity index (χ1) is 21.3. The number of H-pyrrole nitrogens is 1. The van der Waals surface area contributed by atoms with Crippen LogP contribution in [0.25, 0.3) is 22.4 Å². The molecular weight excluding hydrogens is 624 g/mol. The van der Waals surface area contributed by atoms with E-state index in [0.717, 1.165) is 39.7 Å². The standard InChI is InChI=1S/C39H47BrN2O3/c1-24(2)25-12-14-30-26(20-25)13-17-33-38(6,18-9-19-39(30,33)7)22-29-31(40)15-16-32-35(29)42-36(41-32)27-10-8-11-28(21-27)44-23-34(43)45-37(3,4)5/h8,10-12,14-16,20-21,24,33H,9,13,17-19,22-23H2,1-7H3,(H,41,42)/t33-,38+,39+/m0/s1. The van der Waals surface area contributed by atoms with Crippen LogP contribution < -0.4 is 4.74 Å². The van der Waals surface area contributed by atoms with Crippen molar-refractivity contribution in [2.24, 2.45) is 11.3 Å². The van der Waals surface area contributed by atoms with Crippen LogP contribution in [0.4, 0.5) is 0 Å². The third kappa shape index (κ3) is 6.32.